The number of nitrogens with two attached hydrogens (primary N) is 1. The number of primary sulfonamides is 1. The number of thioether (sulfide) groups is 1. The number of para-hydroxylation sites is 1. The first-order valence-corrected chi connectivity index (χ1v) is 38.6. The number of hydrogen-bond donors (Lipinski definition) is 3. The van der Waals surface area contributed by atoms with Crippen molar-refractivity contribution in [1.82, 2.24) is 9.13 Å². The summed E-state index contributed by atoms with van der Waals surface area (Å²) in [6.07, 6.45) is -3.36. The van der Waals surface area contributed by atoms with Crippen LogP contribution in [0.1, 0.15) is 54.2 Å². The fourth-order valence-electron chi connectivity index (χ4n) is 11.0. The number of halogens is 10. The van der Waals surface area contributed by atoms with Crippen molar-refractivity contribution in [2.45, 2.75) is 82.8 Å². The summed E-state index contributed by atoms with van der Waals surface area (Å²) in [5, 5.41) is 8.10. The number of Topliss-reactive ketones (excluding diaryl/α,β-unsaturated/α-hetero) is 2. The molecule has 5 heterocycles. The molecule has 2 aliphatic heterocycles. The zero-order valence-electron chi connectivity index (χ0n) is 59.2. The average molecular weight is 1630 g/mol. The van der Waals surface area contributed by atoms with Crippen molar-refractivity contribution in [2.24, 2.45) is 5.14 Å². The van der Waals surface area contributed by atoms with Gasteiger partial charge in [-0.2, -0.15) is 26.3 Å². The summed E-state index contributed by atoms with van der Waals surface area (Å²) < 4.78 is 151. The third-order valence-corrected chi connectivity index (χ3v) is 19.3. The number of nitrogens with one attached hydrogen (secondary N) is 2. The summed E-state index contributed by atoms with van der Waals surface area (Å²) in [7, 11) is -7.27. The van der Waals surface area contributed by atoms with Crippen molar-refractivity contribution in [3.8, 4) is 56.9 Å². The van der Waals surface area contributed by atoms with Crippen molar-refractivity contribution in [3.63, 3.8) is 0 Å². The lowest BCUT2D eigenvalue weighted by Gasteiger charge is -2.28. The molecule has 8 aromatic carbocycles. The van der Waals surface area contributed by atoms with Crippen LogP contribution in [-0.2, 0) is 34.4 Å². The van der Waals surface area contributed by atoms with Gasteiger partial charge in [0.2, 0.25) is 43.6 Å². The van der Waals surface area contributed by atoms with E-state index in [1.807, 2.05) is 17.7 Å². The highest BCUT2D eigenvalue weighted by molar-refractivity contribution is 7.98. The molecule has 0 spiro atoms. The maximum absolute atomic E-state index is 12.9. The number of aryl methyl sites for hydroxylation is 4. The van der Waals surface area contributed by atoms with E-state index < -0.39 is 78.7 Å². The number of nitrogens with zero attached hydrogens (tertiary/aromatic N) is 2. The third kappa shape index (κ3) is 21.7. The molecule has 17 nitrogen and oxygen atoms in total. The van der Waals surface area contributed by atoms with Crippen LogP contribution in [0.2, 0.25) is 20.1 Å². The summed E-state index contributed by atoms with van der Waals surface area (Å²) in [5.74, 6) is -1.54. The lowest BCUT2D eigenvalue weighted by molar-refractivity contribution is -0.185. The highest BCUT2D eigenvalue weighted by atomic mass is 35.5. The first kappa shape index (κ1) is 83.0. The Morgan fingerprint density at radius 3 is 1.40 bits per heavy atom. The number of aromatic nitrogens is 2. The van der Waals surface area contributed by atoms with Crippen LogP contribution in [0.3, 0.4) is 0 Å². The minimum Gasteiger partial charge on any atom is -0.474 e. The van der Waals surface area contributed by atoms with E-state index in [9.17, 15) is 62.4 Å². The maximum atomic E-state index is 12.9. The highest BCUT2D eigenvalue weighted by Gasteiger charge is 2.49. The number of hydrogen-bond acceptors (Lipinski definition) is 13. The van der Waals surface area contributed by atoms with Gasteiger partial charge < -0.3 is 33.1 Å². The van der Waals surface area contributed by atoms with Gasteiger partial charge in [-0.1, -0.05) is 124 Å². The smallest absolute Gasteiger partial charge is 0.429 e. The minimum atomic E-state index is -4.70. The number of rotatable bonds is 13. The molecule has 4 N–H and O–H groups in total. The number of ether oxygens (including phenoxy) is 3. The van der Waals surface area contributed by atoms with Gasteiger partial charge in [0.1, 0.15) is 34.8 Å². The predicted octanol–water partition coefficient (Wildman–Crippen LogP) is 20.4. The molecule has 1 amide bonds. The third-order valence-electron chi connectivity index (χ3n) is 16.0. The largest absolute Gasteiger partial charge is 0.474 e. The second kappa shape index (κ2) is 34.7. The predicted molar refractivity (Wildman–Crippen MR) is 417 cm³/mol. The number of benzene rings is 8. The first-order chi connectivity index (χ1) is 51.1. The van der Waals surface area contributed by atoms with E-state index in [2.05, 4.69) is 133 Å². The van der Waals surface area contributed by atoms with E-state index in [0.29, 0.717) is 5.75 Å². The molecular weight excluding hydrogens is 1560 g/mol. The number of carbonyl (C=O) groups excluding carboxylic acids is 3. The molecule has 2 atom stereocenters. The number of anilines is 2. The molecule has 0 unspecified atom stereocenters. The van der Waals surface area contributed by atoms with Crippen LogP contribution in [0, 0.1) is 27.7 Å². The molecule has 568 valence electrons. The molecule has 109 heavy (non-hydrogen) atoms. The van der Waals surface area contributed by atoms with E-state index in [-0.39, 0.29) is 75.7 Å². The number of ketones is 2. The van der Waals surface area contributed by atoms with Crippen molar-refractivity contribution < 1.29 is 76.2 Å². The van der Waals surface area contributed by atoms with E-state index >= 15 is 0 Å². The van der Waals surface area contributed by atoms with Crippen LogP contribution in [0.5, 0.6) is 23.0 Å². The van der Waals surface area contributed by atoms with Crippen molar-refractivity contribution in [1.29, 1.82) is 0 Å². The average Bonchev–Trinajstić information content (AvgIpc) is 1.55. The van der Waals surface area contributed by atoms with Crippen LogP contribution in [0.4, 0.5) is 37.7 Å². The topological polar surface area (TPSA) is 237 Å². The molecule has 3 aromatic heterocycles. The second-order valence-electron chi connectivity index (χ2n) is 24.8. The van der Waals surface area contributed by atoms with E-state index in [4.69, 9.17) is 70.2 Å². The van der Waals surface area contributed by atoms with Crippen LogP contribution < -0.4 is 34.8 Å². The number of carbonyl (C=O) groups is 3. The number of fused-ring (bicyclic) bond motifs is 3. The quantitative estimate of drug-likeness (QED) is 0.0720. The lowest BCUT2D eigenvalue weighted by Crippen LogP contribution is -2.39. The molecule has 0 aliphatic carbocycles. The standard InChI is InChI=1S/C19H19NS.C18H16N2O6S.C18H18N2O2S.2C12H7Cl2F3O2/c1-14-4-6-16(7-5-14)19-12-15(2)13-20(19)17-8-10-18(21-3)11-9-17;1-11(21)19-15-10-25-16-9-14(20-27(2,23)24)17(8-13(16)18(15)22)26-12-6-4-3-5-7-12;1-13-3-5-15(6-4-13)18-11-14(2)12-20(18)16-7-9-17(10-8-16)23(19,21)22;2*1-5(18)8-3-6-2-7(13)4-9(14)10(6)19-11(8)12(15,16)17/h4-13H,1-3H3;3-10,20H,1-2H3,(H,19,21);3-12H,1-2H3,(H2,19,21,22);2*2-4,11H,1H3/t;;;2*11-/m...00/s1. The Morgan fingerprint density at radius 2 is 1.01 bits per heavy atom. The molecule has 0 fully saturated rings. The Bertz CT molecular complexity index is 5500. The molecule has 13 rings (SSSR count). The van der Waals surface area contributed by atoms with Crippen molar-refractivity contribution in [3.05, 3.63) is 269 Å². The van der Waals surface area contributed by atoms with E-state index in [1.54, 1.807) is 54.2 Å². The van der Waals surface area contributed by atoms with Gasteiger partial charge in [0.15, 0.2) is 17.3 Å². The summed E-state index contributed by atoms with van der Waals surface area (Å²) in [6.45, 7) is 11.7. The van der Waals surface area contributed by atoms with Gasteiger partial charge in [0, 0.05) is 74.0 Å². The molecule has 11 aromatic rings. The highest BCUT2D eigenvalue weighted by Crippen LogP contribution is 2.45. The van der Waals surface area contributed by atoms with Crippen molar-refractivity contribution in [2.75, 3.05) is 22.6 Å². The lowest BCUT2D eigenvalue weighted by atomic mass is 9.98. The zero-order chi connectivity index (χ0) is 79.8. The first-order valence-electron chi connectivity index (χ1n) is 32.4. The van der Waals surface area contributed by atoms with Crippen molar-refractivity contribution >= 4 is 130 Å². The van der Waals surface area contributed by atoms with Crippen LogP contribution in [-0.4, -0.2) is 80.5 Å². The Labute approximate surface area is 647 Å². The molecular formula is C79H67Cl4F6N5O12S3. The summed E-state index contributed by atoms with van der Waals surface area (Å²) in [4.78, 5) is 47.9. The molecule has 0 bridgehead atoms. The van der Waals surface area contributed by atoms with Crippen LogP contribution >= 0.6 is 58.2 Å². The summed E-state index contributed by atoms with van der Waals surface area (Å²) >= 11 is 24.9. The fraction of sp³-hybridized carbons (Fsp3) is 0.165. The maximum Gasteiger partial charge on any atom is 0.429 e. The normalized spacial score (nSPS) is 13.7. The van der Waals surface area contributed by atoms with E-state index in [0.717, 1.165) is 61.0 Å². The SMILES string of the molecule is CC(=O)C1=Cc2cc(Cl)cc(Cl)c2O[C@@H]1C(F)(F)F.CC(=O)C1=Cc2cc(Cl)cc(Cl)c2O[C@@H]1C(F)(F)F.CC(=O)Nc1coc2cc(NS(C)(=O)=O)c(Oc3ccccc3)cc2c1=O.CSc1ccc(-n2cc(C)cc2-c2ccc(C)cc2)cc1.Cc1ccc(-c2cc(C)cn2-c2ccc(S(N)(=O)=O)cc2)cc1. The Balaban J connectivity index is 0.000000158. The molecule has 0 saturated heterocycles. The van der Waals surface area contributed by atoms with Crippen LogP contribution in [0.25, 0.3) is 57.0 Å². The van der Waals surface area contributed by atoms with Gasteiger partial charge >= 0.3 is 12.4 Å². The molecule has 0 radical (unpaired) electrons. The van der Waals surface area contributed by atoms with Gasteiger partial charge in [-0.25, -0.2) is 22.0 Å². The monoisotopic (exact) mass is 1630 g/mol. The number of amides is 1. The summed E-state index contributed by atoms with van der Waals surface area (Å²) in [6, 6.07) is 53.4. The Hall–Kier alpha value is -10.0. The van der Waals surface area contributed by atoms with E-state index in [1.165, 1.54) is 94.0 Å². The van der Waals surface area contributed by atoms with Gasteiger partial charge in [-0.3, -0.25) is 23.9 Å². The minimum absolute atomic E-state index is 0.0236. The number of sulfonamides is 2. The molecule has 30 heteroatoms. The molecule has 2 aliphatic rings. The van der Waals surface area contributed by atoms with Gasteiger partial charge in [0.05, 0.1) is 43.7 Å². The summed E-state index contributed by atoms with van der Waals surface area (Å²) in [5.41, 5.74) is 11.0. The van der Waals surface area contributed by atoms with Crippen LogP contribution in [0.15, 0.2) is 225 Å². The Kier molecular flexibility index (Phi) is 26.4. The zero-order valence-corrected chi connectivity index (χ0v) is 64.6. The van der Waals surface area contributed by atoms with Gasteiger partial charge in [-0.15, -0.1) is 11.8 Å². The van der Waals surface area contributed by atoms with Gasteiger partial charge in [0.25, 0.3) is 0 Å². The Morgan fingerprint density at radius 1 is 0.569 bits per heavy atom. The van der Waals surface area contributed by atoms with Gasteiger partial charge in [-0.05, 0) is 185 Å². The number of alkyl halides is 6. The second-order valence-corrected chi connectivity index (χ2v) is 30.7. The molecule has 0 saturated carbocycles. The fourth-order valence-corrected chi connectivity index (χ4v) is 13.6.